The SMILES string of the molecule is Cc1cc2c([nH]c3ccc(C(C)(C)C)cc32)c2c1OC(C)(C)C=C2. The molecule has 0 amide bonds. The van der Waals surface area contributed by atoms with Crippen molar-refractivity contribution < 1.29 is 4.74 Å². The molecule has 0 spiro atoms. The van der Waals surface area contributed by atoms with Gasteiger partial charge < -0.3 is 9.72 Å². The van der Waals surface area contributed by atoms with E-state index in [-0.39, 0.29) is 11.0 Å². The van der Waals surface area contributed by atoms with Gasteiger partial charge in [-0.2, -0.15) is 0 Å². The van der Waals surface area contributed by atoms with E-state index in [1.807, 2.05) is 0 Å². The molecule has 0 bridgehead atoms. The highest BCUT2D eigenvalue weighted by Crippen LogP contribution is 2.41. The van der Waals surface area contributed by atoms with Crippen LogP contribution in [0.15, 0.2) is 30.3 Å². The van der Waals surface area contributed by atoms with Gasteiger partial charge in [0.25, 0.3) is 0 Å². The summed E-state index contributed by atoms with van der Waals surface area (Å²) in [6, 6.07) is 9.02. The summed E-state index contributed by atoms with van der Waals surface area (Å²) in [4.78, 5) is 3.61. The second-order valence-electron chi connectivity index (χ2n) is 8.53. The second kappa shape index (κ2) is 4.66. The molecule has 1 N–H and O–H groups in total. The fourth-order valence-corrected chi connectivity index (χ4v) is 3.53. The number of H-pyrrole nitrogens is 1. The first-order valence-electron chi connectivity index (χ1n) is 8.63. The van der Waals surface area contributed by atoms with Crippen molar-refractivity contribution in [1.82, 2.24) is 4.98 Å². The third-order valence-corrected chi connectivity index (χ3v) is 4.95. The number of benzene rings is 2. The lowest BCUT2D eigenvalue weighted by molar-refractivity contribution is 0.158. The normalized spacial score (nSPS) is 16.4. The average Bonchev–Trinajstić information content (AvgIpc) is 2.83. The van der Waals surface area contributed by atoms with Crippen LogP contribution in [0.5, 0.6) is 5.75 Å². The molecule has 0 aliphatic carbocycles. The van der Waals surface area contributed by atoms with E-state index in [2.05, 4.69) is 82.9 Å². The number of aryl methyl sites for hydroxylation is 1. The van der Waals surface area contributed by atoms with Crippen LogP contribution in [0, 0.1) is 6.92 Å². The first-order chi connectivity index (χ1) is 11.2. The van der Waals surface area contributed by atoms with Gasteiger partial charge in [-0.25, -0.2) is 0 Å². The van der Waals surface area contributed by atoms with E-state index in [1.165, 1.54) is 32.9 Å². The van der Waals surface area contributed by atoms with Crippen molar-refractivity contribution in [3.63, 3.8) is 0 Å². The minimum Gasteiger partial charge on any atom is -0.483 e. The molecule has 0 atom stereocenters. The fourth-order valence-electron chi connectivity index (χ4n) is 3.53. The van der Waals surface area contributed by atoms with E-state index in [0.29, 0.717) is 0 Å². The zero-order valence-electron chi connectivity index (χ0n) is 15.4. The Morgan fingerprint density at radius 2 is 1.79 bits per heavy atom. The molecule has 0 saturated heterocycles. The van der Waals surface area contributed by atoms with Crippen molar-refractivity contribution >= 4 is 27.9 Å². The summed E-state index contributed by atoms with van der Waals surface area (Å²) in [6.07, 6.45) is 4.34. The molecule has 0 saturated carbocycles. The van der Waals surface area contributed by atoms with E-state index in [0.717, 1.165) is 11.3 Å². The molecule has 0 radical (unpaired) electrons. The number of nitrogens with one attached hydrogen (secondary N) is 1. The molecule has 1 aliphatic rings. The van der Waals surface area contributed by atoms with Crippen LogP contribution in [0.3, 0.4) is 0 Å². The molecule has 2 nitrogen and oxygen atoms in total. The van der Waals surface area contributed by atoms with E-state index >= 15 is 0 Å². The minimum atomic E-state index is -0.253. The van der Waals surface area contributed by atoms with Gasteiger partial charge in [0.2, 0.25) is 0 Å². The molecule has 1 aliphatic heterocycles. The molecule has 1 aromatic heterocycles. The van der Waals surface area contributed by atoms with E-state index in [1.54, 1.807) is 0 Å². The molecule has 2 aromatic carbocycles. The Kier molecular flexibility index (Phi) is 2.97. The number of fused-ring (bicyclic) bond motifs is 5. The summed E-state index contributed by atoms with van der Waals surface area (Å²) in [6.45, 7) is 13.1. The quantitative estimate of drug-likeness (QED) is 0.531. The Bertz CT molecular complexity index is 996. The summed E-state index contributed by atoms with van der Waals surface area (Å²) < 4.78 is 6.23. The van der Waals surface area contributed by atoms with Crippen molar-refractivity contribution in [2.24, 2.45) is 0 Å². The molecule has 0 fully saturated rings. The van der Waals surface area contributed by atoms with Crippen LogP contribution < -0.4 is 4.74 Å². The third-order valence-electron chi connectivity index (χ3n) is 4.95. The van der Waals surface area contributed by atoms with Crippen LogP contribution in [0.2, 0.25) is 0 Å². The van der Waals surface area contributed by atoms with Crippen molar-refractivity contribution in [1.29, 1.82) is 0 Å². The van der Waals surface area contributed by atoms with Crippen LogP contribution in [0.1, 0.15) is 51.3 Å². The smallest absolute Gasteiger partial charge is 0.132 e. The van der Waals surface area contributed by atoms with Gasteiger partial charge in [-0.05, 0) is 67.7 Å². The van der Waals surface area contributed by atoms with Gasteiger partial charge in [-0.3, -0.25) is 0 Å². The molecule has 2 heterocycles. The topological polar surface area (TPSA) is 25.0 Å². The Morgan fingerprint density at radius 3 is 2.50 bits per heavy atom. The molecule has 0 unspecified atom stereocenters. The Hall–Kier alpha value is -2.22. The lowest BCUT2D eigenvalue weighted by Gasteiger charge is -2.29. The average molecular weight is 319 g/mol. The highest BCUT2D eigenvalue weighted by Gasteiger charge is 2.26. The highest BCUT2D eigenvalue weighted by atomic mass is 16.5. The van der Waals surface area contributed by atoms with Gasteiger partial charge in [-0.1, -0.05) is 26.8 Å². The van der Waals surface area contributed by atoms with Gasteiger partial charge in [0, 0.05) is 21.9 Å². The predicted octanol–water partition coefficient (Wildman–Crippen LogP) is 6.11. The highest BCUT2D eigenvalue weighted by molar-refractivity contribution is 6.11. The maximum absolute atomic E-state index is 6.23. The summed E-state index contributed by atoms with van der Waals surface area (Å²) in [5.41, 5.74) is 5.96. The van der Waals surface area contributed by atoms with Gasteiger partial charge >= 0.3 is 0 Å². The van der Waals surface area contributed by atoms with Gasteiger partial charge in [-0.15, -0.1) is 0 Å². The largest absolute Gasteiger partial charge is 0.483 e. The lowest BCUT2D eigenvalue weighted by Crippen LogP contribution is -2.28. The molecular weight excluding hydrogens is 294 g/mol. The molecular formula is C22H25NO. The Labute approximate surface area is 143 Å². The maximum Gasteiger partial charge on any atom is 0.132 e. The van der Waals surface area contributed by atoms with E-state index < -0.39 is 0 Å². The van der Waals surface area contributed by atoms with Crippen molar-refractivity contribution in [2.75, 3.05) is 0 Å². The van der Waals surface area contributed by atoms with E-state index in [9.17, 15) is 0 Å². The Morgan fingerprint density at radius 1 is 1.04 bits per heavy atom. The lowest BCUT2D eigenvalue weighted by atomic mass is 9.86. The number of aromatic nitrogens is 1. The number of aromatic amines is 1. The predicted molar refractivity (Wildman–Crippen MR) is 103 cm³/mol. The molecule has 3 aromatic rings. The van der Waals surface area contributed by atoms with Crippen molar-refractivity contribution in [3.05, 3.63) is 47.0 Å². The van der Waals surface area contributed by atoms with E-state index in [4.69, 9.17) is 4.74 Å². The van der Waals surface area contributed by atoms with Gasteiger partial charge in [0.1, 0.15) is 11.4 Å². The zero-order chi connectivity index (χ0) is 17.3. The summed E-state index contributed by atoms with van der Waals surface area (Å²) in [5.74, 6) is 0.998. The van der Waals surface area contributed by atoms with Crippen molar-refractivity contribution in [3.8, 4) is 5.75 Å². The molecule has 24 heavy (non-hydrogen) atoms. The monoisotopic (exact) mass is 319 g/mol. The molecule has 124 valence electrons. The van der Waals surface area contributed by atoms with Crippen LogP contribution in [-0.4, -0.2) is 10.6 Å². The molecule has 2 heteroatoms. The third kappa shape index (κ3) is 2.24. The fraction of sp³-hybridized carbons (Fsp3) is 0.364. The number of ether oxygens (including phenoxy) is 1. The number of hydrogen-bond donors (Lipinski definition) is 1. The van der Waals surface area contributed by atoms with Gasteiger partial charge in [0.05, 0.1) is 5.52 Å². The summed E-state index contributed by atoms with van der Waals surface area (Å²) in [7, 11) is 0. The maximum atomic E-state index is 6.23. The summed E-state index contributed by atoms with van der Waals surface area (Å²) >= 11 is 0. The molecule has 4 rings (SSSR count). The number of hydrogen-bond acceptors (Lipinski definition) is 1. The first-order valence-corrected chi connectivity index (χ1v) is 8.63. The standard InChI is InChI=1S/C22H25NO/c1-13-11-17-16-12-14(21(2,3)4)7-8-18(16)23-19(17)15-9-10-22(5,6)24-20(13)15/h7-12,23H,1-6H3. The zero-order valence-corrected chi connectivity index (χ0v) is 15.4. The van der Waals surface area contributed by atoms with Crippen LogP contribution in [-0.2, 0) is 5.41 Å². The van der Waals surface area contributed by atoms with Crippen LogP contribution >= 0.6 is 0 Å². The van der Waals surface area contributed by atoms with Gasteiger partial charge in [0.15, 0.2) is 0 Å². The Balaban J connectivity index is 2.05. The van der Waals surface area contributed by atoms with Crippen LogP contribution in [0.25, 0.3) is 27.9 Å². The number of rotatable bonds is 0. The minimum absolute atomic E-state index is 0.147. The van der Waals surface area contributed by atoms with Crippen molar-refractivity contribution in [2.45, 2.75) is 52.6 Å². The second-order valence-corrected chi connectivity index (χ2v) is 8.53. The first kappa shape index (κ1) is 15.3. The van der Waals surface area contributed by atoms with Crippen LogP contribution in [0.4, 0.5) is 0 Å². The summed E-state index contributed by atoms with van der Waals surface area (Å²) in [5, 5.41) is 2.57.